The molecule has 1 aromatic heterocycles. The fourth-order valence-electron chi connectivity index (χ4n) is 1.59. The number of aromatic nitrogens is 2. The van der Waals surface area contributed by atoms with Crippen molar-refractivity contribution in [3.63, 3.8) is 0 Å². The van der Waals surface area contributed by atoms with Crippen molar-refractivity contribution in [2.45, 2.75) is 12.1 Å². The van der Waals surface area contributed by atoms with Gasteiger partial charge in [-0.05, 0) is 36.9 Å². The molecule has 6 heteroatoms. The van der Waals surface area contributed by atoms with Crippen molar-refractivity contribution in [2.75, 3.05) is 18.7 Å². The summed E-state index contributed by atoms with van der Waals surface area (Å²) in [6.07, 6.45) is 1.91. The first kappa shape index (κ1) is 14.0. The van der Waals surface area contributed by atoms with Crippen molar-refractivity contribution < 1.29 is 4.74 Å². The molecule has 0 bridgehead atoms. The molecule has 19 heavy (non-hydrogen) atoms. The number of thioether (sulfide) groups is 1. The third kappa shape index (κ3) is 3.52. The number of nitrogens with one attached hydrogen (secondary N) is 1. The van der Waals surface area contributed by atoms with Crippen molar-refractivity contribution in [3.05, 3.63) is 35.0 Å². The van der Waals surface area contributed by atoms with E-state index in [-0.39, 0.29) is 0 Å². The molecule has 0 amide bonds. The third-order valence-corrected chi connectivity index (χ3v) is 3.29. The first-order valence-corrected chi connectivity index (χ1v) is 7.23. The number of benzene rings is 1. The van der Waals surface area contributed by atoms with Gasteiger partial charge in [0.15, 0.2) is 5.16 Å². The Hall–Kier alpha value is -1.46. The van der Waals surface area contributed by atoms with Crippen LogP contribution in [0.5, 0.6) is 5.75 Å². The second-order valence-electron chi connectivity index (χ2n) is 3.87. The topological polar surface area (TPSA) is 47.0 Å². The minimum absolute atomic E-state index is 0.424. The smallest absolute Gasteiger partial charge is 0.190 e. The zero-order chi connectivity index (χ0) is 13.8. The lowest BCUT2D eigenvalue weighted by Crippen LogP contribution is -1.98. The fraction of sp³-hybridized carbons (Fsp3) is 0.231. The molecule has 0 spiro atoms. The van der Waals surface area contributed by atoms with Gasteiger partial charge in [0, 0.05) is 11.8 Å². The van der Waals surface area contributed by atoms with E-state index in [1.807, 2.05) is 31.4 Å². The van der Waals surface area contributed by atoms with Crippen LogP contribution in [-0.2, 0) is 0 Å². The summed E-state index contributed by atoms with van der Waals surface area (Å²) in [5, 5.41) is 4.30. The molecule has 1 aromatic carbocycles. The largest absolute Gasteiger partial charge is 0.497 e. The lowest BCUT2D eigenvalue weighted by Gasteiger charge is -2.11. The summed E-state index contributed by atoms with van der Waals surface area (Å²) < 4.78 is 5.18. The number of aryl methyl sites for hydroxylation is 1. The molecular formula is C13H14ClN3OS. The summed E-state index contributed by atoms with van der Waals surface area (Å²) in [5.74, 6) is 1.51. The van der Waals surface area contributed by atoms with Crippen LogP contribution in [0.2, 0.25) is 5.15 Å². The number of halogens is 1. The summed E-state index contributed by atoms with van der Waals surface area (Å²) in [6.45, 7) is 2.00. The number of methoxy groups -OCH3 is 1. The van der Waals surface area contributed by atoms with E-state index >= 15 is 0 Å². The molecule has 100 valence electrons. The van der Waals surface area contributed by atoms with E-state index in [1.54, 1.807) is 13.2 Å². The van der Waals surface area contributed by atoms with Gasteiger partial charge in [-0.15, -0.1) is 0 Å². The molecule has 1 N–H and O–H groups in total. The minimum Gasteiger partial charge on any atom is -0.497 e. The Morgan fingerprint density at radius 1 is 1.26 bits per heavy atom. The molecule has 2 aromatic rings. The lowest BCUT2D eigenvalue weighted by atomic mass is 10.2. The van der Waals surface area contributed by atoms with Gasteiger partial charge in [-0.2, -0.15) is 0 Å². The monoisotopic (exact) mass is 295 g/mol. The SMILES string of the molecule is COc1ccc(Nc2cc(Cl)nc(SC)n2)c(C)c1. The van der Waals surface area contributed by atoms with Crippen molar-refractivity contribution >= 4 is 34.9 Å². The number of hydrogen-bond acceptors (Lipinski definition) is 5. The molecule has 0 saturated heterocycles. The maximum absolute atomic E-state index is 5.96. The van der Waals surface area contributed by atoms with Gasteiger partial charge in [-0.3, -0.25) is 0 Å². The number of ether oxygens (including phenoxy) is 1. The summed E-state index contributed by atoms with van der Waals surface area (Å²) in [4.78, 5) is 8.46. The van der Waals surface area contributed by atoms with Gasteiger partial charge < -0.3 is 10.1 Å². The molecular weight excluding hydrogens is 282 g/mol. The number of rotatable bonds is 4. The lowest BCUT2D eigenvalue weighted by molar-refractivity contribution is 0.414. The van der Waals surface area contributed by atoms with Crippen molar-refractivity contribution in [1.82, 2.24) is 9.97 Å². The van der Waals surface area contributed by atoms with Crippen LogP contribution in [0.15, 0.2) is 29.4 Å². The van der Waals surface area contributed by atoms with Crippen LogP contribution in [0, 0.1) is 6.92 Å². The van der Waals surface area contributed by atoms with Crippen molar-refractivity contribution in [3.8, 4) is 5.75 Å². The molecule has 2 rings (SSSR count). The van der Waals surface area contributed by atoms with Gasteiger partial charge in [0.25, 0.3) is 0 Å². The Morgan fingerprint density at radius 2 is 2.05 bits per heavy atom. The minimum atomic E-state index is 0.424. The van der Waals surface area contributed by atoms with Crippen molar-refractivity contribution in [1.29, 1.82) is 0 Å². The quantitative estimate of drug-likeness (QED) is 0.526. The normalized spacial score (nSPS) is 10.3. The molecule has 0 aliphatic carbocycles. The second-order valence-corrected chi connectivity index (χ2v) is 5.03. The number of hydrogen-bond donors (Lipinski definition) is 1. The van der Waals surface area contributed by atoms with E-state index < -0.39 is 0 Å². The molecule has 0 atom stereocenters. The van der Waals surface area contributed by atoms with Crippen LogP contribution in [0.25, 0.3) is 0 Å². The summed E-state index contributed by atoms with van der Waals surface area (Å²) >= 11 is 7.41. The van der Waals surface area contributed by atoms with Crippen LogP contribution in [-0.4, -0.2) is 23.3 Å². The molecule has 4 nitrogen and oxygen atoms in total. The Balaban J connectivity index is 2.28. The van der Waals surface area contributed by atoms with Gasteiger partial charge in [0.2, 0.25) is 0 Å². The zero-order valence-electron chi connectivity index (χ0n) is 10.9. The van der Waals surface area contributed by atoms with E-state index in [4.69, 9.17) is 16.3 Å². The Bertz CT molecular complexity index is 592. The van der Waals surface area contributed by atoms with Gasteiger partial charge in [-0.25, -0.2) is 9.97 Å². The highest BCUT2D eigenvalue weighted by molar-refractivity contribution is 7.98. The molecule has 0 aliphatic rings. The number of nitrogens with zero attached hydrogens (tertiary/aromatic N) is 2. The Morgan fingerprint density at radius 3 is 2.68 bits per heavy atom. The average molecular weight is 296 g/mol. The molecule has 0 fully saturated rings. The highest BCUT2D eigenvalue weighted by Crippen LogP contribution is 2.25. The van der Waals surface area contributed by atoms with E-state index in [1.165, 1.54) is 11.8 Å². The van der Waals surface area contributed by atoms with E-state index in [0.717, 1.165) is 17.0 Å². The predicted molar refractivity (Wildman–Crippen MR) is 79.8 cm³/mol. The third-order valence-electron chi connectivity index (χ3n) is 2.55. The van der Waals surface area contributed by atoms with Crippen LogP contribution < -0.4 is 10.1 Å². The summed E-state index contributed by atoms with van der Waals surface area (Å²) in [5.41, 5.74) is 2.03. The van der Waals surface area contributed by atoms with Crippen LogP contribution >= 0.6 is 23.4 Å². The highest BCUT2D eigenvalue weighted by Gasteiger charge is 2.05. The molecule has 1 heterocycles. The summed E-state index contributed by atoms with van der Waals surface area (Å²) in [6, 6.07) is 7.50. The van der Waals surface area contributed by atoms with Gasteiger partial charge in [0.05, 0.1) is 7.11 Å². The van der Waals surface area contributed by atoms with Crippen LogP contribution in [0.3, 0.4) is 0 Å². The van der Waals surface area contributed by atoms with Gasteiger partial charge in [0.1, 0.15) is 16.7 Å². The second kappa shape index (κ2) is 6.12. The maximum atomic E-state index is 5.96. The van der Waals surface area contributed by atoms with Crippen molar-refractivity contribution in [2.24, 2.45) is 0 Å². The fourth-order valence-corrected chi connectivity index (χ4v) is 2.21. The maximum Gasteiger partial charge on any atom is 0.190 e. The predicted octanol–water partition coefficient (Wildman–Crippen LogP) is 3.91. The highest BCUT2D eigenvalue weighted by atomic mass is 35.5. The molecule has 0 radical (unpaired) electrons. The van der Waals surface area contributed by atoms with E-state index in [0.29, 0.717) is 16.1 Å². The average Bonchev–Trinajstić information content (AvgIpc) is 2.40. The Labute approximate surface area is 121 Å². The van der Waals surface area contributed by atoms with E-state index in [2.05, 4.69) is 15.3 Å². The first-order chi connectivity index (χ1) is 9.12. The van der Waals surface area contributed by atoms with Crippen LogP contribution in [0.1, 0.15) is 5.56 Å². The van der Waals surface area contributed by atoms with Gasteiger partial charge in [-0.1, -0.05) is 23.4 Å². The molecule has 0 aliphatic heterocycles. The standard InChI is InChI=1S/C13H14ClN3OS/c1-8-6-9(18-2)4-5-10(8)15-12-7-11(14)16-13(17-12)19-3/h4-7H,1-3H3,(H,15,16,17). The summed E-state index contributed by atoms with van der Waals surface area (Å²) in [7, 11) is 1.65. The van der Waals surface area contributed by atoms with Gasteiger partial charge >= 0.3 is 0 Å². The first-order valence-electron chi connectivity index (χ1n) is 5.62. The van der Waals surface area contributed by atoms with E-state index in [9.17, 15) is 0 Å². The Kier molecular flexibility index (Phi) is 4.50. The molecule has 0 unspecified atom stereocenters. The molecule has 0 saturated carbocycles. The van der Waals surface area contributed by atoms with Crippen LogP contribution in [0.4, 0.5) is 11.5 Å². The zero-order valence-corrected chi connectivity index (χ0v) is 12.5. The number of anilines is 2.